The van der Waals surface area contributed by atoms with E-state index in [1.165, 1.54) is 18.3 Å². The van der Waals surface area contributed by atoms with Crippen LogP contribution in [0.5, 0.6) is 0 Å². The van der Waals surface area contributed by atoms with E-state index in [2.05, 4.69) is 10.3 Å². The largest absolute Gasteiger partial charge is 0.477 e. The van der Waals surface area contributed by atoms with E-state index in [1.54, 1.807) is 18.4 Å². The summed E-state index contributed by atoms with van der Waals surface area (Å²) in [5.74, 6) is -0.970. The Morgan fingerprint density at radius 3 is 2.67 bits per heavy atom. The highest BCUT2D eigenvalue weighted by molar-refractivity contribution is 5.92. The van der Waals surface area contributed by atoms with Crippen molar-refractivity contribution in [2.45, 2.75) is 20.4 Å². The second kappa shape index (κ2) is 5.70. The van der Waals surface area contributed by atoms with Gasteiger partial charge in [-0.1, -0.05) is 0 Å². The molecule has 0 aliphatic heterocycles. The summed E-state index contributed by atoms with van der Waals surface area (Å²) in [4.78, 5) is 38.2. The molecule has 0 bridgehead atoms. The van der Waals surface area contributed by atoms with Crippen molar-refractivity contribution in [3.8, 4) is 0 Å². The second-order valence-corrected chi connectivity index (χ2v) is 4.30. The van der Waals surface area contributed by atoms with Crippen molar-refractivity contribution >= 4 is 22.8 Å². The maximum Gasteiger partial charge on any atom is 0.341 e. The van der Waals surface area contributed by atoms with Gasteiger partial charge in [-0.2, -0.15) is 0 Å². The number of fused-ring (bicyclic) bond motifs is 1. The molecule has 2 heterocycles. The zero-order chi connectivity index (χ0) is 15.6. The molecule has 0 aromatic carbocycles. The molecule has 0 saturated heterocycles. The van der Waals surface area contributed by atoms with Crippen LogP contribution in [0, 0.1) is 4.91 Å². The van der Waals surface area contributed by atoms with E-state index in [0.29, 0.717) is 24.6 Å². The Hall–Kier alpha value is -2.77. The van der Waals surface area contributed by atoms with Crippen LogP contribution in [0.4, 0.5) is 5.82 Å². The minimum absolute atomic E-state index is 0.197. The third-order valence-electron chi connectivity index (χ3n) is 3.14. The number of nitrogens with zero attached hydrogens (tertiary/aromatic N) is 4. The zero-order valence-corrected chi connectivity index (χ0v) is 11.6. The van der Waals surface area contributed by atoms with Crippen LogP contribution in [-0.4, -0.2) is 27.2 Å². The van der Waals surface area contributed by atoms with Gasteiger partial charge in [0.15, 0.2) is 5.82 Å². The number of pyridine rings is 2. The van der Waals surface area contributed by atoms with E-state index >= 15 is 0 Å². The van der Waals surface area contributed by atoms with Gasteiger partial charge < -0.3 is 9.67 Å². The van der Waals surface area contributed by atoms with E-state index < -0.39 is 11.4 Å². The van der Waals surface area contributed by atoms with E-state index in [0.717, 1.165) is 5.01 Å². The van der Waals surface area contributed by atoms with Crippen LogP contribution in [0.2, 0.25) is 0 Å². The lowest BCUT2D eigenvalue weighted by atomic mass is 10.2. The Morgan fingerprint density at radius 1 is 1.43 bits per heavy atom. The van der Waals surface area contributed by atoms with Gasteiger partial charge in [0.05, 0.1) is 10.7 Å². The number of carboxylic acid groups (broad SMARTS) is 1. The third-order valence-corrected chi connectivity index (χ3v) is 3.14. The highest BCUT2D eigenvalue weighted by Gasteiger charge is 2.16. The van der Waals surface area contributed by atoms with Gasteiger partial charge in [-0.25, -0.2) is 14.8 Å². The number of aromatic carboxylic acids is 1. The predicted octanol–water partition coefficient (Wildman–Crippen LogP) is 1.62. The molecule has 0 atom stereocenters. The monoisotopic (exact) mass is 290 g/mol. The molecule has 8 nitrogen and oxygen atoms in total. The van der Waals surface area contributed by atoms with Gasteiger partial charge in [0.25, 0.3) is 0 Å². The number of carbonyl (C=O) groups is 1. The molecule has 2 rings (SSSR count). The molecular formula is C13H14N4O4. The maximum atomic E-state index is 12.1. The first kappa shape index (κ1) is 14.6. The number of rotatable bonds is 5. The normalized spacial score (nSPS) is 10.6. The minimum atomic E-state index is -1.28. The van der Waals surface area contributed by atoms with Gasteiger partial charge >= 0.3 is 5.97 Å². The summed E-state index contributed by atoms with van der Waals surface area (Å²) in [6.45, 7) is 4.33. The summed E-state index contributed by atoms with van der Waals surface area (Å²) >= 11 is 0. The molecule has 0 aliphatic rings. The Kier molecular flexibility index (Phi) is 3.97. The van der Waals surface area contributed by atoms with E-state index in [4.69, 9.17) is 5.11 Å². The SMILES string of the molecule is CCN(N=O)c1ccc2c(=O)c(C(=O)O)cn(CC)c2n1. The van der Waals surface area contributed by atoms with Crippen LogP contribution in [-0.2, 0) is 6.54 Å². The number of hydrogen-bond donors (Lipinski definition) is 1. The molecule has 0 unspecified atom stereocenters. The highest BCUT2D eigenvalue weighted by Crippen LogP contribution is 2.17. The van der Waals surface area contributed by atoms with Gasteiger partial charge in [0.2, 0.25) is 5.43 Å². The van der Waals surface area contributed by atoms with Gasteiger partial charge in [0, 0.05) is 19.3 Å². The van der Waals surface area contributed by atoms with E-state index in [1.807, 2.05) is 0 Å². The van der Waals surface area contributed by atoms with Crippen LogP contribution in [0.25, 0.3) is 11.0 Å². The standard InChI is InChI=1S/C13H14N4O4/c1-3-16-7-9(13(19)20)11(18)8-5-6-10(14-12(8)16)17(4-2)15-21/h5-7H,3-4H2,1-2H3,(H,19,20). The maximum absolute atomic E-state index is 12.1. The summed E-state index contributed by atoms with van der Waals surface area (Å²) in [6, 6.07) is 2.94. The smallest absolute Gasteiger partial charge is 0.341 e. The molecular weight excluding hydrogens is 276 g/mol. The molecule has 0 saturated carbocycles. The molecule has 0 aliphatic carbocycles. The molecule has 21 heavy (non-hydrogen) atoms. The molecule has 2 aromatic rings. The molecule has 8 heteroatoms. The second-order valence-electron chi connectivity index (χ2n) is 4.30. The van der Waals surface area contributed by atoms with Gasteiger partial charge in [-0.15, -0.1) is 4.91 Å². The Labute approximate surface area is 119 Å². The number of anilines is 1. The fraction of sp³-hybridized carbons (Fsp3) is 0.308. The van der Waals surface area contributed by atoms with Gasteiger partial charge in [-0.05, 0) is 26.0 Å². The highest BCUT2D eigenvalue weighted by atomic mass is 16.4. The van der Waals surface area contributed by atoms with Crippen LogP contribution in [0.3, 0.4) is 0 Å². The summed E-state index contributed by atoms with van der Waals surface area (Å²) in [5.41, 5.74) is -0.574. The Bertz CT molecular complexity index is 769. The van der Waals surface area contributed by atoms with Crippen LogP contribution in [0.1, 0.15) is 24.2 Å². The first-order valence-electron chi connectivity index (χ1n) is 6.41. The molecule has 0 spiro atoms. The van der Waals surface area contributed by atoms with Gasteiger partial charge in [0.1, 0.15) is 11.2 Å². The molecule has 1 N–H and O–H groups in total. The minimum Gasteiger partial charge on any atom is -0.477 e. The Morgan fingerprint density at radius 2 is 2.14 bits per heavy atom. The predicted molar refractivity (Wildman–Crippen MR) is 77.5 cm³/mol. The summed E-state index contributed by atoms with van der Waals surface area (Å²) in [5, 5.41) is 13.3. The van der Waals surface area contributed by atoms with Gasteiger partial charge in [-0.3, -0.25) is 4.79 Å². The fourth-order valence-electron chi connectivity index (χ4n) is 2.05. The van der Waals surface area contributed by atoms with E-state index in [9.17, 15) is 14.5 Å². The van der Waals surface area contributed by atoms with Crippen molar-refractivity contribution < 1.29 is 9.90 Å². The molecule has 2 aromatic heterocycles. The molecule has 0 radical (unpaired) electrons. The average Bonchev–Trinajstić information content (AvgIpc) is 2.48. The first-order chi connectivity index (χ1) is 10.0. The van der Waals surface area contributed by atoms with Crippen molar-refractivity contribution in [3.63, 3.8) is 0 Å². The summed E-state index contributed by atoms with van der Waals surface area (Å²) in [7, 11) is 0. The van der Waals surface area contributed by atoms with Crippen LogP contribution in [0.15, 0.2) is 28.4 Å². The number of carboxylic acids is 1. The van der Waals surface area contributed by atoms with Crippen molar-refractivity contribution in [1.82, 2.24) is 9.55 Å². The van der Waals surface area contributed by atoms with Crippen molar-refractivity contribution in [2.75, 3.05) is 11.6 Å². The van der Waals surface area contributed by atoms with Crippen molar-refractivity contribution in [1.29, 1.82) is 0 Å². The van der Waals surface area contributed by atoms with Crippen LogP contribution < -0.4 is 10.4 Å². The van der Waals surface area contributed by atoms with Crippen LogP contribution >= 0.6 is 0 Å². The van der Waals surface area contributed by atoms with Crippen molar-refractivity contribution in [2.24, 2.45) is 5.29 Å². The fourth-order valence-corrected chi connectivity index (χ4v) is 2.05. The molecule has 0 fully saturated rings. The number of aryl methyl sites for hydroxylation is 1. The zero-order valence-electron chi connectivity index (χ0n) is 11.6. The van der Waals surface area contributed by atoms with E-state index in [-0.39, 0.29) is 10.9 Å². The summed E-state index contributed by atoms with van der Waals surface area (Å²) < 4.78 is 1.56. The quantitative estimate of drug-likeness (QED) is 0.662. The number of aromatic nitrogens is 2. The topological polar surface area (TPSA) is 105 Å². The molecule has 0 amide bonds. The summed E-state index contributed by atoms with van der Waals surface area (Å²) in [6.07, 6.45) is 1.26. The lowest BCUT2D eigenvalue weighted by molar-refractivity contribution is 0.0695. The van der Waals surface area contributed by atoms with Crippen molar-refractivity contribution in [3.05, 3.63) is 39.0 Å². The lowest BCUT2D eigenvalue weighted by Crippen LogP contribution is -2.21. The number of nitroso groups, excluding NO2 is 1. The number of hydrogen-bond acceptors (Lipinski definition) is 5. The first-order valence-corrected chi connectivity index (χ1v) is 6.41. The Balaban J connectivity index is 2.79. The average molecular weight is 290 g/mol. The lowest BCUT2D eigenvalue weighted by Gasteiger charge is -2.14. The molecule has 110 valence electrons. The third kappa shape index (κ3) is 2.47.